The second kappa shape index (κ2) is 5.78. The molecule has 1 atom stereocenters. The summed E-state index contributed by atoms with van der Waals surface area (Å²) in [4.78, 5) is 0. The smallest absolute Gasteiger partial charge is 0.128 e. The molecule has 0 aromatic heterocycles. The van der Waals surface area contributed by atoms with E-state index in [1.807, 2.05) is 0 Å². The maximum absolute atomic E-state index is 13.3. The van der Waals surface area contributed by atoms with Gasteiger partial charge in [0.25, 0.3) is 0 Å². The Labute approximate surface area is 87.9 Å². The van der Waals surface area contributed by atoms with E-state index in [0.29, 0.717) is 18.5 Å². The number of benzene rings is 1. The molecule has 0 saturated heterocycles. The summed E-state index contributed by atoms with van der Waals surface area (Å²) in [6, 6.07) is 3.15. The van der Waals surface area contributed by atoms with Crippen LogP contribution in [-0.4, -0.2) is 18.3 Å². The lowest BCUT2D eigenvalue weighted by Crippen LogP contribution is -2.21. The fourth-order valence-electron chi connectivity index (χ4n) is 1.35. The summed E-state index contributed by atoms with van der Waals surface area (Å²) in [6.07, 6.45) is 0.598. The zero-order valence-corrected chi connectivity index (χ0v) is 8.63. The van der Waals surface area contributed by atoms with Gasteiger partial charge in [-0.15, -0.1) is 0 Å². The van der Waals surface area contributed by atoms with E-state index in [4.69, 9.17) is 5.11 Å². The number of aliphatic hydroxyl groups is 1. The topological polar surface area (TPSA) is 32.3 Å². The molecule has 2 N–H and O–H groups in total. The highest BCUT2D eigenvalue weighted by atomic mass is 19.1. The maximum atomic E-state index is 13.3. The summed E-state index contributed by atoms with van der Waals surface area (Å²) in [6.45, 7) is 2.42. The van der Waals surface area contributed by atoms with Gasteiger partial charge >= 0.3 is 0 Å². The van der Waals surface area contributed by atoms with Crippen molar-refractivity contribution in [1.29, 1.82) is 0 Å². The average Bonchev–Trinajstić information content (AvgIpc) is 2.22. The highest BCUT2D eigenvalue weighted by molar-refractivity contribution is 5.21. The first-order valence-electron chi connectivity index (χ1n) is 4.94. The standard InChI is InChI=1S/C11H15F2NO/c1-8(14-5-2-6-15)10-7-9(12)3-4-11(10)13/h3-4,7-8,14-15H,2,5-6H2,1H3/t8-/m1/s1. The molecule has 0 aliphatic rings. The molecule has 15 heavy (non-hydrogen) atoms. The molecule has 0 unspecified atom stereocenters. The second-order valence-electron chi connectivity index (χ2n) is 3.42. The van der Waals surface area contributed by atoms with Crippen molar-refractivity contribution in [3.8, 4) is 0 Å². The van der Waals surface area contributed by atoms with E-state index in [-0.39, 0.29) is 12.6 Å². The molecule has 1 aromatic rings. The summed E-state index contributed by atoms with van der Waals surface area (Å²) in [5.41, 5.74) is 0.313. The van der Waals surface area contributed by atoms with Crippen LogP contribution >= 0.6 is 0 Å². The highest BCUT2D eigenvalue weighted by Crippen LogP contribution is 2.17. The van der Waals surface area contributed by atoms with Crippen LogP contribution in [0.4, 0.5) is 8.78 Å². The lowest BCUT2D eigenvalue weighted by molar-refractivity contribution is 0.283. The monoisotopic (exact) mass is 215 g/mol. The van der Waals surface area contributed by atoms with E-state index in [9.17, 15) is 8.78 Å². The minimum absolute atomic E-state index is 0.0886. The Balaban J connectivity index is 2.64. The van der Waals surface area contributed by atoms with Crippen molar-refractivity contribution in [3.63, 3.8) is 0 Å². The molecule has 0 radical (unpaired) electrons. The van der Waals surface area contributed by atoms with Crippen molar-refractivity contribution in [2.24, 2.45) is 0 Å². The zero-order chi connectivity index (χ0) is 11.3. The number of hydrogen-bond donors (Lipinski definition) is 2. The molecule has 84 valence electrons. The van der Waals surface area contributed by atoms with E-state index in [1.165, 1.54) is 6.07 Å². The van der Waals surface area contributed by atoms with Crippen molar-refractivity contribution in [2.45, 2.75) is 19.4 Å². The molecular weight excluding hydrogens is 200 g/mol. The van der Waals surface area contributed by atoms with Crippen LogP contribution in [0.2, 0.25) is 0 Å². The summed E-state index contributed by atoms with van der Waals surface area (Å²) >= 11 is 0. The van der Waals surface area contributed by atoms with Gasteiger partial charge in [0.1, 0.15) is 11.6 Å². The first-order chi connectivity index (χ1) is 7.15. The third kappa shape index (κ3) is 3.57. The molecule has 0 amide bonds. The van der Waals surface area contributed by atoms with Gasteiger partial charge in [0, 0.05) is 18.2 Å². The number of hydrogen-bond acceptors (Lipinski definition) is 2. The fraction of sp³-hybridized carbons (Fsp3) is 0.455. The lowest BCUT2D eigenvalue weighted by Gasteiger charge is -2.14. The Morgan fingerprint density at radius 1 is 1.40 bits per heavy atom. The molecule has 0 aliphatic carbocycles. The van der Waals surface area contributed by atoms with E-state index in [2.05, 4.69) is 5.32 Å². The third-order valence-electron chi connectivity index (χ3n) is 2.21. The Hall–Kier alpha value is -1.00. The van der Waals surface area contributed by atoms with Crippen molar-refractivity contribution < 1.29 is 13.9 Å². The molecule has 0 fully saturated rings. The predicted octanol–water partition coefficient (Wildman–Crippen LogP) is 2.00. The Bertz CT molecular complexity index is 317. The van der Waals surface area contributed by atoms with Gasteiger partial charge in [-0.1, -0.05) is 0 Å². The van der Waals surface area contributed by atoms with Gasteiger partial charge in [0.2, 0.25) is 0 Å². The van der Waals surface area contributed by atoms with E-state index >= 15 is 0 Å². The maximum Gasteiger partial charge on any atom is 0.128 e. The van der Waals surface area contributed by atoms with Gasteiger partial charge in [-0.2, -0.15) is 0 Å². The van der Waals surface area contributed by atoms with Crippen LogP contribution in [0.15, 0.2) is 18.2 Å². The van der Waals surface area contributed by atoms with Gasteiger partial charge in [-0.05, 0) is 38.1 Å². The molecule has 2 nitrogen and oxygen atoms in total. The van der Waals surface area contributed by atoms with Crippen LogP contribution in [0.1, 0.15) is 24.9 Å². The van der Waals surface area contributed by atoms with Crippen molar-refractivity contribution in [3.05, 3.63) is 35.4 Å². The SMILES string of the molecule is C[C@@H](NCCCO)c1cc(F)ccc1F. The fourth-order valence-corrected chi connectivity index (χ4v) is 1.35. The van der Waals surface area contributed by atoms with Gasteiger partial charge in [-0.3, -0.25) is 0 Å². The normalized spacial score (nSPS) is 12.8. The molecule has 0 heterocycles. The van der Waals surface area contributed by atoms with Crippen LogP contribution in [0, 0.1) is 11.6 Å². The lowest BCUT2D eigenvalue weighted by atomic mass is 10.1. The number of halogens is 2. The molecule has 1 aromatic carbocycles. The number of aliphatic hydroxyl groups excluding tert-OH is 1. The minimum Gasteiger partial charge on any atom is -0.396 e. The predicted molar refractivity (Wildman–Crippen MR) is 54.5 cm³/mol. The van der Waals surface area contributed by atoms with Gasteiger partial charge in [-0.25, -0.2) is 8.78 Å². The molecule has 0 aliphatic heterocycles. The summed E-state index contributed by atoms with van der Waals surface area (Å²) < 4.78 is 26.1. The zero-order valence-electron chi connectivity index (χ0n) is 8.63. The van der Waals surface area contributed by atoms with Crippen molar-refractivity contribution >= 4 is 0 Å². The van der Waals surface area contributed by atoms with Gasteiger partial charge < -0.3 is 10.4 Å². The Kier molecular flexibility index (Phi) is 4.65. The Morgan fingerprint density at radius 2 is 2.13 bits per heavy atom. The van der Waals surface area contributed by atoms with Crippen molar-refractivity contribution in [1.82, 2.24) is 5.32 Å². The second-order valence-corrected chi connectivity index (χ2v) is 3.42. The number of nitrogens with one attached hydrogen (secondary N) is 1. The summed E-state index contributed by atoms with van der Waals surface area (Å²) in [7, 11) is 0. The van der Waals surface area contributed by atoms with E-state index < -0.39 is 11.6 Å². The van der Waals surface area contributed by atoms with E-state index in [0.717, 1.165) is 12.1 Å². The largest absolute Gasteiger partial charge is 0.396 e. The van der Waals surface area contributed by atoms with Crippen LogP contribution < -0.4 is 5.32 Å². The quantitative estimate of drug-likeness (QED) is 0.736. The van der Waals surface area contributed by atoms with Crippen LogP contribution in [0.5, 0.6) is 0 Å². The molecular formula is C11H15F2NO. The van der Waals surface area contributed by atoms with Gasteiger partial charge in [0.15, 0.2) is 0 Å². The average molecular weight is 215 g/mol. The summed E-state index contributed by atoms with van der Waals surface area (Å²) in [5, 5.41) is 11.6. The molecule has 0 bridgehead atoms. The number of rotatable bonds is 5. The van der Waals surface area contributed by atoms with Gasteiger partial charge in [0.05, 0.1) is 0 Å². The molecule has 1 rings (SSSR count). The minimum atomic E-state index is -0.442. The Morgan fingerprint density at radius 3 is 2.80 bits per heavy atom. The van der Waals surface area contributed by atoms with Crippen LogP contribution in [-0.2, 0) is 0 Å². The summed E-state index contributed by atoms with van der Waals surface area (Å²) in [5.74, 6) is -0.859. The molecule has 4 heteroatoms. The van der Waals surface area contributed by atoms with E-state index in [1.54, 1.807) is 6.92 Å². The first kappa shape index (κ1) is 12.1. The van der Waals surface area contributed by atoms with Crippen LogP contribution in [0.3, 0.4) is 0 Å². The first-order valence-corrected chi connectivity index (χ1v) is 4.94. The highest BCUT2D eigenvalue weighted by Gasteiger charge is 2.10. The molecule has 0 saturated carbocycles. The molecule has 0 spiro atoms. The third-order valence-corrected chi connectivity index (χ3v) is 2.21. The van der Waals surface area contributed by atoms with Crippen LogP contribution in [0.25, 0.3) is 0 Å². The van der Waals surface area contributed by atoms with Crippen molar-refractivity contribution in [2.75, 3.05) is 13.2 Å².